The molecule has 0 spiro atoms. The van der Waals surface area contributed by atoms with Crippen molar-refractivity contribution in [2.45, 2.75) is 11.4 Å². The van der Waals surface area contributed by atoms with E-state index < -0.39 is 17.9 Å². The van der Waals surface area contributed by atoms with Crippen LogP contribution in [0.15, 0.2) is 39.2 Å². The Hall–Kier alpha value is -2.75. The number of β-lactam (4-membered cyclic amide) rings is 1. The summed E-state index contributed by atoms with van der Waals surface area (Å²) >= 11 is 1.47. The summed E-state index contributed by atoms with van der Waals surface area (Å²) in [6.45, 7) is 0.220. The number of furan rings is 1. The van der Waals surface area contributed by atoms with Gasteiger partial charge in [-0.1, -0.05) is 5.16 Å². The van der Waals surface area contributed by atoms with Gasteiger partial charge in [0.05, 0.1) is 6.26 Å². The number of hydrogen-bond donors (Lipinski definition) is 1. The van der Waals surface area contributed by atoms with Crippen LogP contribution in [0.3, 0.4) is 0 Å². The van der Waals surface area contributed by atoms with E-state index in [4.69, 9.17) is 9.15 Å². The van der Waals surface area contributed by atoms with Gasteiger partial charge in [-0.05, 0) is 12.1 Å². The predicted octanol–water partition coefficient (Wildman–Crippen LogP) is -0.159. The van der Waals surface area contributed by atoms with Crippen LogP contribution < -0.4 is 5.32 Å². The fraction of sp³-hybridized carbons (Fsp3) is 0.333. The Kier molecular flexibility index (Phi) is 3.75. The van der Waals surface area contributed by atoms with Gasteiger partial charge in [-0.15, -0.1) is 11.8 Å². The van der Waals surface area contributed by atoms with Crippen molar-refractivity contribution in [1.29, 1.82) is 0 Å². The average Bonchev–Trinajstić information content (AvgIpc) is 3.26. The predicted molar refractivity (Wildman–Crippen MR) is 85.3 cm³/mol. The smallest absolute Gasteiger partial charge is 0.355 e. The standard InChI is InChI=1S/C15H13N3O6S/c1-22-17-9(8-3-2-4-23-8)12(19)16-10-13(20)18-11-7(5-24-15(11)21)6-25-14(10)18/h2-4,10,14H,5-6H2,1H3,(H,16,19)/b17-9+. The number of fused-ring (bicyclic) bond motifs is 2. The third-order valence-electron chi connectivity index (χ3n) is 4.06. The molecule has 1 N–H and O–H groups in total. The Morgan fingerprint density at radius 2 is 2.32 bits per heavy atom. The number of esters is 1. The van der Waals surface area contributed by atoms with Gasteiger partial charge in [0.2, 0.25) is 5.71 Å². The maximum absolute atomic E-state index is 12.5. The monoisotopic (exact) mass is 363 g/mol. The summed E-state index contributed by atoms with van der Waals surface area (Å²) in [4.78, 5) is 42.8. The van der Waals surface area contributed by atoms with Crippen molar-refractivity contribution in [3.63, 3.8) is 0 Å². The number of carbonyl (C=O) groups excluding carboxylic acids is 3. The Morgan fingerprint density at radius 3 is 3.04 bits per heavy atom. The second-order valence-corrected chi connectivity index (χ2v) is 6.59. The Morgan fingerprint density at radius 1 is 1.48 bits per heavy atom. The molecular formula is C15H13N3O6S. The highest BCUT2D eigenvalue weighted by atomic mass is 32.2. The Balaban J connectivity index is 1.51. The molecule has 1 aromatic heterocycles. The highest BCUT2D eigenvalue weighted by Gasteiger charge is 2.55. The second kappa shape index (κ2) is 5.96. The summed E-state index contributed by atoms with van der Waals surface area (Å²) in [6.07, 6.45) is 1.40. The van der Waals surface area contributed by atoms with Gasteiger partial charge in [-0.25, -0.2) is 4.79 Å². The molecule has 3 aliphatic rings. The molecule has 3 aliphatic heterocycles. The summed E-state index contributed by atoms with van der Waals surface area (Å²) in [5, 5.41) is 5.96. The number of ether oxygens (including phenoxy) is 1. The maximum atomic E-state index is 12.5. The summed E-state index contributed by atoms with van der Waals surface area (Å²) in [5.74, 6) is -0.629. The molecule has 10 heteroatoms. The molecule has 1 aromatic rings. The van der Waals surface area contributed by atoms with Crippen LogP contribution in [0.4, 0.5) is 0 Å². The number of cyclic esters (lactones) is 1. The molecule has 2 unspecified atom stereocenters. The topological polar surface area (TPSA) is 110 Å². The van der Waals surface area contributed by atoms with E-state index in [1.54, 1.807) is 12.1 Å². The lowest BCUT2D eigenvalue weighted by molar-refractivity contribution is -0.150. The summed E-state index contributed by atoms with van der Waals surface area (Å²) in [7, 11) is 1.31. The van der Waals surface area contributed by atoms with Gasteiger partial charge in [-0.2, -0.15) is 0 Å². The van der Waals surface area contributed by atoms with Crippen molar-refractivity contribution in [2.24, 2.45) is 5.16 Å². The van der Waals surface area contributed by atoms with Crippen LogP contribution >= 0.6 is 11.8 Å². The van der Waals surface area contributed by atoms with Crippen LogP contribution in [0, 0.1) is 0 Å². The molecule has 1 fully saturated rings. The lowest BCUT2D eigenvalue weighted by Gasteiger charge is -2.48. The quantitative estimate of drug-likeness (QED) is 0.342. The average molecular weight is 363 g/mol. The number of nitrogens with zero attached hydrogens (tertiary/aromatic N) is 2. The first-order chi connectivity index (χ1) is 12.1. The number of amides is 2. The zero-order chi connectivity index (χ0) is 17.6. The fourth-order valence-electron chi connectivity index (χ4n) is 2.92. The van der Waals surface area contributed by atoms with Crippen LogP contribution in [0.5, 0.6) is 0 Å². The molecule has 1 saturated heterocycles. The van der Waals surface area contributed by atoms with Crippen molar-refractivity contribution in [3.05, 3.63) is 35.4 Å². The molecule has 0 saturated carbocycles. The normalized spacial score (nSPS) is 25.2. The number of nitrogens with one attached hydrogen (secondary N) is 1. The van der Waals surface area contributed by atoms with Crippen molar-refractivity contribution < 1.29 is 28.4 Å². The van der Waals surface area contributed by atoms with E-state index in [1.165, 1.54) is 30.0 Å². The van der Waals surface area contributed by atoms with Gasteiger partial charge in [-0.3, -0.25) is 14.5 Å². The van der Waals surface area contributed by atoms with Crippen molar-refractivity contribution in [2.75, 3.05) is 19.5 Å². The third kappa shape index (κ3) is 2.40. The number of thioether (sulfide) groups is 1. The van der Waals surface area contributed by atoms with Gasteiger partial charge in [0.25, 0.3) is 11.8 Å². The van der Waals surface area contributed by atoms with Gasteiger partial charge in [0, 0.05) is 11.3 Å². The lowest BCUT2D eigenvalue weighted by atomic mass is 10.0. The Labute approximate surface area is 146 Å². The van der Waals surface area contributed by atoms with Gasteiger partial charge in [0.15, 0.2) is 5.76 Å². The minimum atomic E-state index is -0.753. The Bertz CT molecular complexity index is 815. The van der Waals surface area contributed by atoms with Crippen LogP contribution in [0.25, 0.3) is 0 Å². The first-order valence-corrected chi connectivity index (χ1v) is 8.46. The third-order valence-corrected chi connectivity index (χ3v) is 5.40. The summed E-state index contributed by atoms with van der Waals surface area (Å²) < 4.78 is 10.1. The minimum absolute atomic E-state index is 0.0697. The number of hydrogen-bond acceptors (Lipinski definition) is 8. The summed E-state index contributed by atoms with van der Waals surface area (Å²) in [6, 6.07) is 2.42. The largest absolute Gasteiger partial charge is 0.462 e. The molecule has 25 heavy (non-hydrogen) atoms. The lowest BCUT2D eigenvalue weighted by Crippen LogP contribution is -2.70. The zero-order valence-corrected chi connectivity index (χ0v) is 13.9. The van der Waals surface area contributed by atoms with Gasteiger partial charge >= 0.3 is 5.97 Å². The van der Waals surface area contributed by atoms with Gasteiger partial charge < -0.3 is 19.3 Å². The molecule has 0 bridgehead atoms. The molecule has 4 heterocycles. The van der Waals surface area contributed by atoms with E-state index in [0.29, 0.717) is 11.4 Å². The molecule has 0 radical (unpaired) electrons. The molecule has 0 aromatic carbocycles. The summed E-state index contributed by atoms with van der Waals surface area (Å²) in [5.41, 5.74) is 1.05. The minimum Gasteiger partial charge on any atom is -0.462 e. The first-order valence-electron chi connectivity index (χ1n) is 7.41. The number of oxime groups is 1. The van der Waals surface area contributed by atoms with Gasteiger partial charge in [0.1, 0.15) is 30.8 Å². The van der Waals surface area contributed by atoms with E-state index in [-0.39, 0.29) is 29.4 Å². The molecular weight excluding hydrogens is 350 g/mol. The second-order valence-electron chi connectivity index (χ2n) is 5.49. The maximum Gasteiger partial charge on any atom is 0.355 e. The van der Waals surface area contributed by atoms with E-state index in [1.807, 2.05) is 0 Å². The molecule has 130 valence electrons. The number of rotatable bonds is 4. The van der Waals surface area contributed by atoms with Crippen LogP contribution in [0.1, 0.15) is 5.76 Å². The van der Waals surface area contributed by atoms with Crippen molar-refractivity contribution in [3.8, 4) is 0 Å². The SMILES string of the molecule is CO/N=C(/C(=O)NC1C(=O)N2C3=C(COC3=O)CSC12)c1ccco1. The zero-order valence-electron chi connectivity index (χ0n) is 13.1. The van der Waals surface area contributed by atoms with Crippen LogP contribution in [0.2, 0.25) is 0 Å². The highest BCUT2D eigenvalue weighted by molar-refractivity contribution is 8.00. The molecule has 9 nitrogen and oxygen atoms in total. The van der Waals surface area contributed by atoms with E-state index in [2.05, 4.69) is 15.3 Å². The van der Waals surface area contributed by atoms with E-state index in [9.17, 15) is 14.4 Å². The van der Waals surface area contributed by atoms with E-state index >= 15 is 0 Å². The van der Waals surface area contributed by atoms with Crippen molar-refractivity contribution >= 4 is 35.3 Å². The van der Waals surface area contributed by atoms with Crippen LogP contribution in [-0.4, -0.2) is 59.3 Å². The van der Waals surface area contributed by atoms with E-state index in [0.717, 1.165) is 5.57 Å². The molecule has 2 atom stereocenters. The molecule has 2 amide bonds. The highest BCUT2D eigenvalue weighted by Crippen LogP contribution is 2.42. The van der Waals surface area contributed by atoms with Crippen LogP contribution in [-0.2, 0) is 24.0 Å². The first kappa shape index (κ1) is 15.8. The van der Waals surface area contributed by atoms with Crippen molar-refractivity contribution in [1.82, 2.24) is 10.2 Å². The number of carbonyl (C=O) groups is 3. The molecule has 0 aliphatic carbocycles. The molecule has 4 rings (SSSR count). The fourth-order valence-corrected chi connectivity index (χ4v) is 4.24.